The molecule has 2 heterocycles. The molecule has 7 heteroatoms. The Kier molecular flexibility index (Phi) is 4.72. The minimum absolute atomic E-state index is 0.0290. The van der Waals surface area contributed by atoms with Crippen LogP contribution in [0.4, 0.5) is 9.59 Å². The predicted molar refractivity (Wildman–Crippen MR) is 75.2 cm³/mol. The lowest BCUT2D eigenvalue weighted by Gasteiger charge is -2.37. The molecule has 1 N–H and O–H groups in total. The fourth-order valence-electron chi connectivity index (χ4n) is 2.90. The van der Waals surface area contributed by atoms with E-state index in [1.54, 1.807) is 11.9 Å². The third-order valence-electron chi connectivity index (χ3n) is 4.30. The zero-order valence-electron chi connectivity index (χ0n) is 12.3. The van der Waals surface area contributed by atoms with Gasteiger partial charge in [-0.1, -0.05) is 12.7 Å². The van der Waals surface area contributed by atoms with Crippen LogP contribution in [0.2, 0.25) is 0 Å². The molecule has 0 aromatic heterocycles. The van der Waals surface area contributed by atoms with Gasteiger partial charge in [-0.15, -0.1) is 0 Å². The summed E-state index contributed by atoms with van der Waals surface area (Å²) in [5.41, 5.74) is -0.302. The highest BCUT2D eigenvalue weighted by Crippen LogP contribution is 2.37. The van der Waals surface area contributed by atoms with Crippen LogP contribution in [0.25, 0.3) is 0 Å². The molecule has 2 aliphatic rings. The van der Waals surface area contributed by atoms with Crippen molar-refractivity contribution in [2.75, 3.05) is 33.4 Å². The summed E-state index contributed by atoms with van der Waals surface area (Å²) in [7, 11) is 1.70. The molecular formula is C14H22N2O5. The largest absolute Gasteiger partial charge is 0.465 e. The van der Waals surface area contributed by atoms with Gasteiger partial charge in [0.25, 0.3) is 0 Å². The maximum absolute atomic E-state index is 11.8. The number of rotatable bonds is 3. The SMILES string of the molecule is C=CCOC(=O)N(C)C1COC2(CCN(C(=O)O)CC2)C1. The Morgan fingerprint density at radius 1 is 1.52 bits per heavy atom. The lowest BCUT2D eigenvalue weighted by molar-refractivity contribution is -0.0398. The molecule has 0 bridgehead atoms. The topological polar surface area (TPSA) is 79.3 Å². The molecular weight excluding hydrogens is 276 g/mol. The maximum atomic E-state index is 11.8. The molecule has 2 amide bonds. The van der Waals surface area contributed by atoms with Crippen molar-refractivity contribution in [2.45, 2.75) is 30.9 Å². The van der Waals surface area contributed by atoms with Gasteiger partial charge in [-0.05, 0) is 19.3 Å². The number of ether oxygens (including phenoxy) is 2. The molecule has 0 saturated carbocycles. The van der Waals surface area contributed by atoms with Gasteiger partial charge in [-0.3, -0.25) is 0 Å². The molecule has 118 valence electrons. The molecule has 2 aliphatic heterocycles. The van der Waals surface area contributed by atoms with Crippen LogP contribution >= 0.6 is 0 Å². The van der Waals surface area contributed by atoms with E-state index in [1.807, 2.05) is 0 Å². The van der Waals surface area contributed by atoms with Crippen LogP contribution < -0.4 is 0 Å². The number of carbonyl (C=O) groups is 2. The van der Waals surface area contributed by atoms with Crippen molar-refractivity contribution in [1.82, 2.24) is 9.80 Å². The Bertz CT molecular complexity index is 418. The summed E-state index contributed by atoms with van der Waals surface area (Å²) in [5, 5.41) is 8.97. The van der Waals surface area contributed by atoms with Crippen LogP contribution in [0.3, 0.4) is 0 Å². The zero-order chi connectivity index (χ0) is 15.5. The van der Waals surface area contributed by atoms with Gasteiger partial charge in [-0.2, -0.15) is 0 Å². The van der Waals surface area contributed by atoms with E-state index >= 15 is 0 Å². The highest BCUT2D eigenvalue weighted by Gasteiger charge is 2.45. The first kappa shape index (κ1) is 15.6. The van der Waals surface area contributed by atoms with Crippen molar-refractivity contribution in [2.24, 2.45) is 0 Å². The quantitative estimate of drug-likeness (QED) is 0.800. The summed E-state index contributed by atoms with van der Waals surface area (Å²) in [4.78, 5) is 25.7. The third-order valence-corrected chi connectivity index (χ3v) is 4.30. The number of hydrogen-bond donors (Lipinski definition) is 1. The third kappa shape index (κ3) is 3.47. The minimum atomic E-state index is -0.885. The fraction of sp³-hybridized carbons (Fsp3) is 0.714. The molecule has 2 rings (SSSR count). The first-order valence-electron chi connectivity index (χ1n) is 7.10. The van der Waals surface area contributed by atoms with E-state index in [9.17, 15) is 9.59 Å². The molecule has 21 heavy (non-hydrogen) atoms. The molecule has 2 saturated heterocycles. The van der Waals surface area contributed by atoms with Crippen molar-refractivity contribution in [3.8, 4) is 0 Å². The fourth-order valence-corrected chi connectivity index (χ4v) is 2.90. The predicted octanol–water partition coefficient (Wildman–Crippen LogP) is 1.54. The Labute approximate surface area is 124 Å². The second-order valence-corrected chi connectivity index (χ2v) is 5.60. The molecule has 0 radical (unpaired) electrons. The first-order chi connectivity index (χ1) is 9.97. The average molecular weight is 298 g/mol. The number of piperidine rings is 1. The van der Waals surface area contributed by atoms with Gasteiger partial charge < -0.3 is 24.4 Å². The Morgan fingerprint density at radius 2 is 2.19 bits per heavy atom. The van der Waals surface area contributed by atoms with Gasteiger partial charge in [0, 0.05) is 20.1 Å². The van der Waals surface area contributed by atoms with E-state index in [1.165, 1.54) is 11.0 Å². The van der Waals surface area contributed by atoms with Crippen molar-refractivity contribution in [1.29, 1.82) is 0 Å². The van der Waals surface area contributed by atoms with Gasteiger partial charge in [0.2, 0.25) is 0 Å². The summed E-state index contributed by atoms with van der Waals surface area (Å²) >= 11 is 0. The second kappa shape index (κ2) is 6.34. The van der Waals surface area contributed by atoms with E-state index in [4.69, 9.17) is 14.6 Å². The zero-order valence-corrected chi connectivity index (χ0v) is 12.3. The van der Waals surface area contributed by atoms with Crippen LogP contribution in [0.1, 0.15) is 19.3 Å². The normalized spacial score (nSPS) is 23.9. The van der Waals surface area contributed by atoms with Crippen LogP contribution in [0.5, 0.6) is 0 Å². The average Bonchev–Trinajstić information content (AvgIpc) is 2.88. The summed E-state index contributed by atoms with van der Waals surface area (Å²) < 4.78 is 10.9. The Balaban J connectivity index is 1.87. The molecule has 0 aliphatic carbocycles. The summed E-state index contributed by atoms with van der Waals surface area (Å²) in [6.07, 6.45) is 2.32. The molecule has 2 fully saturated rings. The highest BCUT2D eigenvalue weighted by molar-refractivity contribution is 5.68. The number of carbonyl (C=O) groups excluding carboxylic acids is 1. The van der Waals surface area contributed by atoms with Gasteiger partial charge in [-0.25, -0.2) is 9.59 Å². The molecule has 0 aromatic rings. The van der Waals surface area contributed by atoms with Gasteiger partial charge in [0.1, 0.15) is 6.61 Å². The second-order valence-electron chi connectivity index (χ2n) is 5.60. The molecule has 1 unspecified atom stereocenters. The molecule has 1 spiro atoms. The van der Waals surface area contributed by atoms with Crippen molar-refractivity contribution in [3.63, 3.8) is 0 Å². The van der Waals surface area contributed by atoms with Crippen LogP contribution in [0, 0.1) is 0 Å². The minimum Gasteiger partial charge on any atom is -0.465 e. The van der Waals surface area contributed by atoms with Gasteiger partial charge >= 0.3 is 12.2 Å². The first-order valence-corrected chi connectivity index (χ1v) is 7.10. The standard InChI is InChI=1S/C14H22N2O5/c1-3-8-20-13(19)15(2)11-9-14(21-10-11)4-6-16(7-5-14)12(17)18/h3,11H,1,4-10H2,2H3,(H,17,18). The summed E-state index contributed by atoms with van der Waals surface area (Å²) in [5.74, 6) is 0. The number of nitrogens with zero attached hydrogens (tertiary/aromatic N) is 2. The molecule has 1 atom stereocenters. The van der Waals surface area contributed by atoms with Crippen molar-refractivity contribution < 1.29 is 24.2 Å². The van der Waals surface area contributed by atoms with Crippen LogP contribution in [0.15, 0.2) is 12.7 Å². The Morgan fingerprint density at radius 3 is 2.76 bits per heavy atom. The van der Waals surface area contributed by atoms with Crippen LogP contribution in [-0.4, -0.2) is 72.1 Å². The van der Waals surface area contributed by atoms with Gasteiger partial charge in [0.15, 0.2) is 0 Å². The number of likely N-dealkylation sites (N-methyl/N-ethyl adjacent to an activating group) is 1. The van der Waals surface area contributed by atoms with E-state index in [0.717, 1.165) is 6.42 Å². The Hall–Kier alpha value is -1.76. The smallest absolute Gasteiger partial charge is 0.410 e. The lowest BCUT2D eigenvalue weighted by Crippen LogP contribution is -2.46. The summed E-state index contributed by atoms with van der Waals surface area (Å²) in [6.45, 7) is 5.12. The molecule has 7 nitrogen and oxygen atoms in total. The number of carboxylic acid groups (broad SMARTS) is 1. The van der Waals surface area contributed by atoms with E-state index in [2.05, 4.69) is 6.58 Å². The summed E-state index contributed by atoms with van der Waals surface area (Å²) in [6, 6.07) is -0.0290. The highest BCUT2D eigenvalue weighted by atomic mass is 16.6. The number of likely N-dealkylation sites (tertiary alicyclic amines) is 1. The maximum Gasteiger partial charge on any atom is 0.410 e. The van der Waals surface area contributed by atoms with Crippen molar-refractivity contribution in [3.05, 3.63) is 12.7 Å². The monoisotopic (exact) mass is 298 g/mol. The van der Waals surface area contributed by atoms with E-state index in [0.29, 0.717) is 32.5 Å². The van der Waals surface area contributed by atoms with E-state index in [-0.39, 0.29) is 24.3 Å². The number of amides is 2. The number of hydrogen-bond acceptors (Lipinski definition) is 4. The lowest BCUT2D eigenvalue weighted by atomic mass is 9.87. The van der Waals surface area contributed by atoms with Crippen LogP contribution in [-0.2, 0) is 9.47 Å². The van der Waals surface area contributed by atoms with E-state index < -0.39 is 6.09 Å². The molecule has 0 aromatic carbocycles. The van der Waals surface area contributed by atoms with Gasteiger partial charge in [0.05, 0.1) is 18.2 Å². The van der Waals surface area contributed by atoms with Crippen molar-refractivity contribution >= 4 is 12.2 Å².